The highest BCUT2D eigenvalue weighted by atomic mass is 28.3. The molecule has 4 heterocycles. The van der Waals surface area contributed by atoms with E-state index in [0.717, 1.165) is 50.7 Å². The first kappa shape index (κ1) is 22.9. The molecule has 7 nitrogen and oxygen atoms in total. The number of nitrogens with zero attached hydrogens (tertiary/aromatic N) is 3. The molecule has 0 amide bonds. The molecule has 172 valence electrons. The van der Waals surface area contributed by atoms with Gasteiger partial charge in [0.1, 0.15) is 18.1 Å². The third kappa shape index (κ3) is 4.91. The highest BCUT2D eigenvalue weighted by Gasteiger charge is 2.20. The van der Waals surface area contributed by atoms with Crippen molar-refractivity contribution >= 4 is 25.1 Å². The second kappa shape index (κ2) is 8.96. The molecule has 0 aliphatic heterocycles. The van der Waals surface area contributed by atoms with E-state index in [1.165, 1.54) is 0 Å². The van der Waals surface area contributed by atoms with Crippen LogP contribution in [0.1, 0.15) is 21.9 Å². The third-order valence-corrected chi connectivity index (χ3v) is 7.51. The predicted octanol–water partition coefficient (Wildman–Crippen LogP) is 5.72. The van der Waals surface area contributed by atoms with Crippen LogP contribution in [0.3, 0.4) is 0 Å². The first-order valence-corrected chi connectivity index (χ1v) is 14.8. The van der Waals surface area contributed by atoms with Gasteiger partial charge in [-0.3, -0.25) is 4.98 Å². The number of hydrogen-bond acceptors (Lipinski definition) is 4. The molecular formula is C25H30N4O3Si. The molecule has 4 rings (SSSR count). The normalized spacial score (nSPS) is 11.9. The number of carbonyl (C=O) groups is 1. The lowest BCUT2D eigenvalue weighted by Gasteiger charge is -2.16. The largest absolute Gasteiger partial charge is 0.477 e. The number of aryl methyl sites for hydroxylation is 1. The molecule has 4 aromatic heterocycles. The van der Waals surface area contributed by atoms with E-state index in [1.807, 2.05) is 32.2 Å². The molecule has 0 radical (unpaired) electrons. The number of carboxylic acids is 1. The molecule has 0 saturated carbocycles. The summed E-state index contributed by atoms with van der Waals surface area (Å²) in [6, 6.07) is 8.88. The van der Waals surface area contributed by atoms with Crippen LogP contribution in [-0.4, -0.2) is 45.3 Å². The number of hydrogen-bond donors (Lipinski definition) is 2. The topological polar surface area (TPSA) is 93.0 Å². The maximum Gasteiger partial charge on any atom is 0.352 e. The van der Waals surface area contributed by atoms with Crippen LogP contribution in [-0.2, 0) is 11.5 Å². The maximum atomic E-state index is 11.5. The zero-order chi connectivity index (χ0) is 23.8. The second-order valence-corrected chi connectivity index (χ2v) is 15.2. The minimum atomic E-state index is -1.18. The molecule has 0 saturated heterocycles. The number of aromatic amines is 1. The molecule has 33 heavy (non-hydrogen) atoms. The van der Waals surface area contributed by atoms with E-state index < -0.39 is 14.0 Å². The quantitative estimate of drug-likeness (QED) is 0.258. The van der Waals surface area contributed by atoms with Crippen LogP contribution >= 0.6 is 0 Å². The van der Waals surface area contributed by atoms with Crippen LogP contribution in [0.5, 0.6) is 0 Å². The Morgan fingerprint density at radius 2 is 1.91 bits per heavy atom. The SMILES string of the molecule is Cc1cc(-c2cnc3c(c2)c(-c2c[nH]c(C(=O)O)c2)c(C)n3COCC[Si](C)(C)C)ccn1. The molecular weight excluding hydrogens is 432 g/mol. The molecule has 0 aliphatic rings. The van der Waals surface area contributed by atoms with Gasteiger partial charge in [0.25, 0.3) is 0 Å². The average molecular weight is 463 g/mol. The van der Waals surface area contributed by atoms with Crippen molar-refractivity contribution in [3.8, 4) is 22.3 Å². The highest BCUT2D eigenvalue weighted by Crippen LogP contribution is 2.36. The Morgan fingerprint density at radius 3 is 2.58 bits per heavy atom. The van der Waals surface area contributed by atoms with Crippen molar-refractivity contribution in [2.45, 2.75) is 46.3 Å². The van der Waals surface area contributed by atoms with Crippen LogP contribution < -0.4 is 0 Å². The van der Waals surface area contributed by atoms with Gasteiger partial charge in [-0.05, 0) is 49.7 Å². The zero-order valence-electron chi connectivity index (χ0n) is 19.8. The molecule has 4 aromatic rings. The summed E-state index contributed by atoms with van der Waals surface area (Å²) in [4.78, 5) is 23.4. The fraction of sp³-hybridized carbons (Fsp3) is 0.320. The van der Waals surface area contributed by atoms with E-state index in [4.69, 9.17) is 9.72 Å². The molecule has 0 aliphatic carbocycles. The summed E-state index contributed by atoms with van der Waals surface area (Å²) in [6.07, 6.45) is 5.41. The van der Waals surface area contributed by atoms with Crippen LogP contribution in [0, 0.1) is 13.8 Å². The maximum absolute atomic E-state index is 11.5. The number of nitrogens with one attached hydrogen (secondary N) is 1. The Morgan fingerprint density at radius 1 is 1.12 bits per heavy atom. The number of ether oxygens (including phenoxy) is 1. The summed E-state index contributed by atoms with van der Waals surface area (Å²) in [5.41, 5.74) is 6.72. The van der Waals surface area contributed by atoms with Gasteiger partial charge in [-0.2, -0.15) is 0 Å². The molecule has 0 fully saturated rings. The van der Waals surface area contributed by atoms with Gasteiger partial charge in [-0.25, -0.2) is 9.78 Å². The average Bonchev–Trinajstić information content (AvgIpc) is 3.33. The molecule has 8 heteroatoms. The summed E-state index contributed by atoms with van der Waals surface area (Å²) < 4.78 is 8.13. The van der Waals surface area contributed by atoms with Crippen LogP contribution in [0.4, 0.5) is 0 Å². The first-order chi connectivity index (χ1) is 15.6. The molecule has 0 unspecified atom stereocenters. The second-order valence-electron chi connectivity index (χ2n) is 9.62. The summed E-state index contributed by atoms with van der Waals surface area (Å²) in [5, 5.41) is 10.4. The summed E-state index contributed by atoms with van der Waals surface area (Å²) in [6.45, 7) is 12.1. The van der Waals surface area contributed by atoms with Crippen molar-refractivity contribution in [2.75, 3.05) is 6.61 Å². The van der Waals surface area contributed by atoms with Crippen molar-refractivity contribution in [2.24, 2.45) is 0 Å². The Hall–Kier alpha value is -3.23. The molecule has 0 bridgehead atoms. The van der Waals surface area contributed by atoms with Crippen molar-refractivity contribution in [1.82, 2.24) is 19.5 Å². The first-order valence-electron chi connectivity index (χ1n) is 11.1. The van der Waals surface area contributed by atoms with Crippen LogP contribution in [0.2, 0.25) is 25.7 Å². The lowest BCUT2D eigenvalue weighted by atomic mass is 10.0. The van der Waals surface area contributed by atoms with E-state index in [0.29, 0.717) is 13.3 Å². The van der Waals surface area contributed by atoms with Gasteiger partial charge >= 0.3 is 5.97 Å². The third-order valence-electron chi connectivity index (χ3n) is 5.81. The van der Waals surface area contributed by atoms with E-state index in [9.17, 15) is 9.90 Å². The number of aromatic carboxylic acids is 1. The molecule has 2 N–H and O–H groups in total. The minimum absolute atomic E-state index is 0.158. The van der Waals surface area contributed by atoms with Gasteiger partial charge in [0.15, 0.2) is 0 Å². The Labute approximate surface area is 194 Å². The lowest BCUT2D eigenvalue weighted by Crippen LogP contribution is -2.22. The monoisotopic (exact) mass is 462 g/mol. The van der Waals surface area contributed by atoms with E-state index in [2.05, 4.69) is 40.2 Å². The lowest BCUT2D eigenvalue weighted by molar-refractivity contribution is 0.0691. The van der Waals surface area contributed by atoms with Crippen molar-refractivity contribution in [1.29, 1.82) is 0 Å². The van der Waals surface area contributed by atoms with Crippen molar-refractivity contribution in [3.63, 3.8) is 0 Å². The van der Waals surface area contributed by atoms with Gasteiger partial charge in [0.2, 0.25) is 0 Å². The fourth-order valence-corrected chi connectivity index (χ4v) is 4.70. The van der Waals surface area contributed by atoms with Gasteiger partial charge in [-0.15, -0.1) is 0 Å². The number of aromatic nitrogens is 4. The van der Waals surface area contributed by atoms with Crippen molar-refractivity contribution in [3.05, 3.63) is 59.9 Å². The van der Waals surface area contributed by atoms with Gasteiger partial charge in [0, 0.05) is 66.7 Å². The summed E-state index contributed by atoms with van der Waals surface area (Å²) in [5.74, 6) is -0.983. The fourth-order valence-electron chi connectivity index (χ4n) is 3.95. The number of fused-ring (bicyclic) bond motifs is 1. The molecule has 0 aromatic carbocycles. The van der Waals surface area contributed by atoms with Gasteiger partial charge < -0.3 is 19.4 Å². The minimum Gasteiger partial charge on any atom is -0.477 e. The van der Waals surface area contributed by atoms with E-state index in [1.54, 1.807) is 18.5 Å². The zero-order valence-corrected chi connectivity index (χ0v) is 20.8. The van der Waals surface area contributed by atoms with E-state index in [-0.39, 0.29) is 5.69 Å². The number of carboxylic acid groups (broad SMARTS) is 1. The number of H-pyrrole nitrogens is 1. The van der Waals surface area contributed by atoms with Crippen LogP contribution in [0.15, 0.2) is 42.9 Å². The van der Waals surface area contributed by atoms with E-state index >= 15 is 0 Å². The predicted molar refractivity (Wildman–Crippen MR) is 133 cm³/mol. The standard InChI is InChI=1S/C25H30N4O3Si/c1-16-10-18(6-7-26-16)19-11-21-23(20-12-22(25(30)31)27-14-20)17(2)29(24(21)28-13-19)15-32-8-9-33(3,4)5/h6-7,10-14,27H,8-9,15H2,1-5H3,(H,30,31). The Bertz CT molecular complexity index is 1320. The van der Waals surface area contributed by atoms with Gasteiger partial charge in [0.05, 0.1) is 0 Å². The van der Waals surface area contributed by atoms with Crippen molar-refractivity contribution < 1.29 is 14.6 Å². The summed E-state index contributed by atoms with van der Waals surface area (Å²) >= 11 is 0. The highest BCUT2D eigenvalue weighted by molar-refractivity contribution is 6.76. The molecule has 0 atom stereocenters. The Balaban J connectivity index is 1.80. The number of pyridine rings is 2. The summed E-state index contributed by atoms with van der Waals surface area (Å²) in [7, 11) is -1.18. The Kier molecular flexibility index (Phi) is 6.23. The van der Waals surface area contributed by atoms with Crippen LogP contribution in [0.25, 0.3) is 33.3 Å². The molecule has 0 spiro atoms. The smallest absolute Gasteiger partial charge is 0.352 e. The van der Waals surface area contributed by atoms with Gasteiger partial charge in [-0.1, -0.05) is 19.6 Å². The number of rotatable bonds is 8.